The summed E-state index contributed by atoms with van der Waals surface area (Å²) >= 11 is 0. The molecule has 41 heavy (non-hydrogen) atoms. The summed E-state index contributed by atoms with van der Waals surface area (Å²) in [5.41, 5.74) is 3.40. The summed E-state index contributed by atoms with van der Waals surface area (Å²) < 4.78 is 52.8. The number of sulfonamides is 1. The second kappa shape index (κ2) is 15.1. The smallest absolute Gasteiger partial charge is 0.305 e. The molecule has 8 heteroatoms. The van der Waals surface area contributed by atoms with Crippen LogP contribution in [0.3, 0.4) is 0 Å². The fourth-order valence-electron chi connectivity index (χ4n) is 5.29. The van der Waals surface area contributed by atoms with E-state index in [9.17, 15) is 17.6 Å². The van der Waals surface area contributed by atoms with E-state index in [4.69, 9.17) is 9.47 Å². The SMILES string of the molecule is COC(=O)CCC/C=C\C[C@@H]1[C@@H](CNS(=O)(=O)c2ccc(F)cc2)CC[C@@H]1OCc1ccc(-c2ccccc2)cc1. The van der Waals surface area contributed by atoms with Crippen LogP contribution in [0.2, 0.25) is 0 Å². The summed E-state index contributed by atoms with van der Waals surface area (Å²) in [5, 5.41) is 0. The first-order valence-electron chi connectivity index (χ1n) is 14.1. The minimum atomic E-state index is -3.75. The molecule has 0 unspecified atom stereocenters. The molecular formula is C33H38FNO5S. The molecule has 0 aliphatic heterocycles. The predicted octanol–water partition coefficient (Wildman–Crippen LogP) is 6.67. The van der Waals surface area contributed by atoms with E-state index in [1.54, 1.807) is 0 Å². The van der Waals surface area contributed by atoms with Gasteiger partial charge in [0.1, 0.15) is 5.82 Å². The maximum Gasteiger partial charge on any atom is 0.305 e. The number of halogens is 1. The van der Waals surface area contributed by atoms with Crippen molar-refractivity contribution in [2.75, 3.05) is 13.7 Å². The highest BCUT2D eigenvalue weighted by Gasteiger charge is 2.36. The van der Waals surface area contributed by atoms with Gasteiger partial charge in [0.15, 0.2) is 0 Å². The molecule has 0 bridgehead atoms. The van der Waals surface area contributed by atoms with E-state index in [2.05, 4.69) is 53.3 Å². The predicted molar refractivity (Wildman–Crippen MR) is 158 cm³/mol. The molecule has 6 nitrogen and oxygen atoms in total. The number of nitrogens with one attached hydrogen (secondary N) is 1. The average molecular weight is 580 g/mol. The molecule has 0 saturated heterocycles. The second-order valence-electron chi connectivity index (χ2n) is 10.4. The van der Waals surface area contributed by atoms with Crippen molar-refractivity contribution >= 4 is 16.0 Å². The minimum Gasteiger partial charge on any atom is -0.469 e. The fraction of sp³-hybridized carbons (Fsp3) is 0.364. The zero-order valence-electron chi connectivity index (χ0n) is 23.4. The number of benzene rings is 3. The van der Waals surface area contributed by atoms with Gasteiger partial charge >= 0.3 is 5.97 Å². The summed E-state index contributed by atoms with van der Waals surface area (Å²) in [6, 6.07) is 23.4. The van der Waals surface area contributed by atoms with Crippen LogP contribution < -0.4 is 4.72 Å². The Morgan fingerprint density at radius 2 is 1.66 bits per heavy atom. The Bertz CT molecular complexity index is 1380. The lowest BCUT2D eigenvalue weighted by Gasteiger charge is -2.24. The van der Waals surface area contributed by atoms with E-state index >= 15 is 0 Å². The monoisotopic (exact) mass is 579 g/mol. The molecule has 1 saturated carbocycles. The summed E-state index contributed by atoms with van der Waals surface area (Å²) in [6.07, 6.45) is 8.46. The van der Waals surface area contributed by atoms with Crippen molar-refractivity contribution in [3.63, 3.8) is 0 Å². The third-order valence-electron chi connectivity index (χ3n) is 7.64. The first-order valence-corrected chi connectivity index (χ1v) is 15.6. The van der Waals surface area contributed by atoms with Gasteiger partial charge in [-0.25, -0.2) is 17.5 Å². The number of hydrogen-bond acceptors (Lipinski definition) is 5. The second-order valence-corrected chi connectivity index (χ2v) is 12.2. The number of hydrogen-bond donors (Lipinski definition) is 1. The van der Waals surface area contributed by atoms with Crippen LogP contribution in [-0.4, -0.2) is 34.1 Å². The summed E-state index contributed by atoms with van der Waals surface area (Å²) in [5.74, 6) is -0.470. The third kappa shape index (κ3) is 9.08. The molecule has 0 heterocycles. The Morgan fingerprint density at radius 3 is 2.37 bits per heavy atom. The number of methoxy groups -OCH3 is 1. The zero-order valence-corrected chi connectivity index (χ0v) is 24.2. The van der Waals surface area contributed by atoms with Crippen molar-refractivity contribution in [1.82, 2.24) is 4.72 Å². The van der Waals surface area contributed by atoms with Gasteiger partial charge in [0, 0.05) is 13.0 Å². The molecule has 1 aliphatic carbocycles. The van der Waals surface area contributed by atoms with Gasteiger partial charge in [0.05, 0.1) is 24.7 Å². The molecule has 0 aromatic heterocycles. The minimum absolute atomic E-state index is 0.0103. The first-order chi connectivity index (χ1) is 19.9. The van der Waals surface area contributed by atoms with Crippen molar-refractivity contribution < 1.29 is 27.1 Å². The van der Waals surface area contributed by atoms with Gasteiger partial charge < -0.3 is 9.47 Å². The van der Waals surface area contributed by atoms with Gasteiger partial charge in [0.25, 0.3) is 0 Å². The van der Waals surface area contributed by atoms with Gasteiger partial charge in [0.2, 0.25) is 10.0 Å². The van der Waals surface area contributed by atoms with E-state index in [0.717, 1.165) is 48.9 Å². The number of unbranched alkanes of at least 4 members (excludes halogenated alkanes) is 1. The fourth-order valence-corrected chi connectivity index (χ4v) is 6.39. The Hall–Kier alpha value is -3.33. The normalized spacial score (nSPS) is 19.0. The number of esters is 1. The van der Waals surface area contributed by atoms with E-state index in [-0.39, 0.29) is 35.3 Å². The average Bonchev–Trinajstić information content (AvgIpc) is 3.39. The zero-order chi connectivity index (χ0) is 29.1. The Balaban J connectivity index is 1.37. The lowest BCUT2D eigenvalue weighted by molar-refractivity contribution is -0.140. The molecule has 1 aliphatic rings. The van der Waals surface area contributed by atoms with E-state index in [0.29, 0.717) is 19.4 Å². The highest BCUT2D eigenvalue weighted by molar-refractivity contribution is 7.89. The molecule has 1 N–H and O–H groups in total. The number of carbonyl (C=O) groups excluding carboxylic acids is 1. The highest BCUT2D eigenvalue weighted by atomic mass is 32.2. The molecule has 0 amide bonds. The van der Waals surface area contributed by atoms with Gasteiger partial charge in [-0.2, -0.15) is 0 Å². The topological polar surface area (TPSA) is 81.7 Å². The van der Waals surface area contributed by atoms with Crippen LogP contribution in [0.15, 0.2) is 95.9 Å². The van der Waals surface area contributed by atoms with Crippen LogP contribution in [0.4, 0.5) is 4.39 Å². The molecule has 1 fully saturated rings. The summed E-state index contributed by atoms with van der Waals surface area (Å²) in [6.45, 7) is 0.763. The van der Waals surface area contributed by atoms with Crippen molar-refractivity contribution in [2.24, 2.45) is 11.8 Å². The maximum atomic E-state index is 13.3. The first kappa shape index (κ1) is 30.6. The van der Waals surface area contributed by atoms with Gasteiger partial charge in [-0.05, 0) is 84.9 Å². The molecule has 0 radical (unpaired) electrons. The third-order valence-corrected chi connectivity index (χ3v) is 9.08. The van der Waals surface area contributed by atoms with Crippen LogP contribution in [-0.2, 0) is 30.9 Å². The van der Waals surface area contributed by atoms with E-state index < -0.39 is 15.8 Å². The van der Waals surface area contributed by atoms with Crippen LogP contribution in [0, 0.1) is 17.7 Å². The summed E-state index contributed by atoms with van der Waals surface area (Å²) in [4.78, 5) is 11.4. The molecular weight excluding hydrogens is 541 g/mol. The Morgan fingerprint density at radius 1 is 0.951 bits per heavy atom. The van der Waals surface area contributed by atoms with Crippen molar-refractivity contribution in [3.8, 4) is 11.1 Å². The largest absolute Gasteiger partial charge is 0.469 e. The van der Waals surface area contributed by atoms with E-state index in [1.165, 1.54) is 24.8 Å². The molecule has 218 valence electrons. The van der Waals surface area contributed by atoms with Crippen LogP contribution in [0.25, 0.3) is 11.1 Å². The number of carbonyl (C=O) groups is 1. The number of rotatable bonds is 14. The molecule has 3 atom stereocenters. The molecule has 4 rings (SSSR count). The number of ether oxygens (including phenoxy) is 2. The summed E-state index contributed by atoms with van der Waals surface area (Å²) in [7, 11) is -2.36. The van der Waals surface area contributed by atoms with Gasteiger partial charge in [-0.15, -0.1) is 0 Å². The van der Waals surface area contributed by atoms with Crippen LogP contribution in [0.5, 0.6) is 0 Å². The van der Waals surface area contributed by atoms with Crippen LogP contribution in [0.1, 0.15) is 44.1 Å². The van der Waals surface area contributed by atoms with Crippen molar-refractivity contribution in [2.45, 2.75) is 56.1 Å². The van der Waals surface area contributed by atoms with Crippen molar-refractivity contribution in [3.05, 3.63) is 102 Å². The van der Waals surface area contributed by atoms with Crippen LogP contribution >= 0.6 is 0 Å². The van der Waals surface area contributed by atoms with E-state index in [1.807, 2.05) is 18.2 Å². The quantitative estimate of drug-likeness (QED) is 0.131. The molecule has 3 aromatic rings. The standard InChI is InChI=1S/C33H38FNO5S/c1-39-33(36)12-8-3-2-7-11-31-28(23-35-41(37,38)30-20-18-29(34)19-21-30)17-22-32(31)40-24-25-13-15-27(16-14-25)26-9-5-4-6-10-26/h2,4-7,9-10,13-16,18-21,28,31-32,35H,3,8,11-12,17,22-24H2,1H3/b7-2-/t28-,31-,32+/m1/s1. The van der Waals surface area contributed by atoms with Crippen molar-refractivity contribution in [1.29, 1.82) is 0 Å². The van der Waals surface area contributed by atoms with Gasteiger partial charge in [-0.3, -0.25) is 4.79 Å². The maximum absolute atomic E-state index is 13.3. The number of allylic oxidation sites excluding steroid dienone is 2. The highest BCUT2D eigenvalue weighted by Crippen LogP contribution is 2.37. The Kier molecular flexibility index (Phi) is 11.2. The molecule has 0 spiro atoms. The lowest BCUT2D eigenvalue weighted by Crippen LogP contribution is -2.33. The van der Waals surface area contributed by atoms with Gasteiger partial charge in [-0.1, -0.05) is 66.7 Å². The Labute approximate surface area is 242 Å². The molecule has 3 aromatic carbocycles. The lowest BCUT2D eigenvalue weighted by atomic mass is 9.91.